The second-order valence-electron chi connectivity index (χ2n) is 5.53. The Hall–Kier alpha value is -1.64. The van der Waals surface area contributed by atoms with Crippen LogP contribution >= 0.6 is 0 Å². The van der Waals surface area contributed by atoms with Crippen LogP contribution in [0.3, 0.4) is 0 Å². The summed E-state index contributed by atoms with van der Waals surface area (Å²) in [5.74, 6) is 0.310. The van der Waals surface area contributed by atoms with Crippen molar-refractivity contribution in [2.24, 2.45) is 0 Å². The smallest absolute Gasteiger partial charge is 0.0738 e. The standard InChI is InChI=1S/C18H21NO/c20-14-18(16-10-5-2-6-11-16)17(12-7-13-19-18)15-8-3-1-4-9-15/h1-6,8-11,17,19-20H,7,12-14H2. The normalized spacial score (nSPS) is 26.4. The Labute approximate surface area is 120 Å². The van der Waals surface area contributed by atoms with E-state index >= 15 is 0 Å². The first kappa shape index (κ1) is 13.3. The van der Waals surface area contributed by atoms with E-state index in [4.69, 9.17) is 0 Å². The van der Waals surface area contributed by atoms with Crippen molar-refractivity contribution in [3.8, 4) is 0 Å². The minimum Gasteiger partial charge on any atom is -0.394 e. The summed E-state index contributed by atoms with van der Waals surface area (Å²) < 4.78 is 0. The Morgan fingerprint density at radius 2 is 1.65 bits per heavy atom. The number of nitrogens with one attached hydrogen (secondary N) is 1. The quantitative estimate of drug-likeness (QED) is 0.896. The highest BCUT2D eigenvalue weighted by atomic mass is 16.3. The summed E-state index contributed by atoms with van der Waals surface area (Å²) in [5, 5.41) is 13.8. The molecule has 2 aromatic rings. The van der Waals surface area contributed by atoms with Crippen LogP contribution in [0.1, 0.15) is 29.9 Å². The van der Waals surface area contributed by atoms with Gasteiger partial charge in [0.2, 0.25) is 0 Å². The van der Waals surface area contributed by atoms with Crippen LogP contribution in [0.5, 0.6) is 0 Å². The Balaban J connectivity index is 2.06. The predicted molar refractivity (Wildman–Crippen MR) is 81.6 cm³/mol. The van der Waals surface area contributed by atoms with Crippen LogP contribution in [-0.4, -0.2) is 18.3 Å². The fourth-order valence-corrected chi connectivity index (χ4v) is 3.42. The summed E-state index contributed by atoms with van der Waals surface area (Å²) >= 11 is 0. The van der Waals surface area contributed by atoms with Crippen molar-refractivity contribution in [3.63, 3.8) is 0 Å². The van der Waals surface area contributed by atoms with Crippen molar-refractivity contribution in [2.75, 3.05) is 13.2 Å². The molecule has 2 unspecified atom stereocenters. The minimum atomic E-state index is -0.360. The number of aliphatic hydroxyl groups excluding tert-OH is 1. The fourth-order valence-electron chi connectivity index (χ4n) is 3.42. The zero-order valence-corrected chi connectivity index (χ0v) is 11.6. The van der Waals surface area contributed by atoms with Crippen LogP contribution in [0.15, 0.2) is 60.7 Å². The van der Waals surface area contributed by atoms with E-state index in [1.807, 2.05) is 24.3 Å². The topological polar surface area (TPSA) is 32.3 Å². The molecular weight excluding hydrogens is 246 g/mol. The molecule has 2 atom stereocenters. The lowest BCUT2D eigenvalue weighted by Crippen LogP contribution is -2.53. The Morgan fingerprint density at radius 1 is 1.00 bits per heavy atom. The Morgan fingerprint density at radius 3 is 2.30 bits per heavy atom. The predicted octanol–water partition coefficient (Wildman–Crippen LogP) is 3.04. The van der Waals surface area contributed by atoms with E-state index in [0.717, 1.165) is 19.4 Å². The SMILES string of the molecule is OCC1(c2ccccc2)NCCCC1c1ccccc1. The van der Waals surface area contributed by atoms with Gasteiger partial charge in [0.25, 0.3) is 0 Å². The largest absolute Gasteiger partial charge is 0.394 e. The molecule has 1 aliphatic heterocycles. The van der Waals surface area contributed by atoms with Crippen LogP contribution < -0.4 is 5.32 Å². The third kappa shape index (κ3) is 2.26. The minimum absolute atomic E-state index is 0.122. The number of benzene rings is 2. The highest BCUT2D eigenvalue weighted by Crippen LogP contribution is 2.42. The van der Waals surface area contributed by atoms with Gasteiger partial charge in [-0.1, -0.05) is 60.7 Å². The molecule has 2 aromatic carbocycles. The maximum Gasteiger partial charge on any atom is 0.0738 e. The van der Waals surface area contributed by atoms with Crippen molar-refractivity contribution in [1.82, 2.24) is 5.32 Å². The second kappa shape index (κ2) is 5.78. The lowest BCUT2D eigenvalue weighted by atomic mass is 9.70. The Bertz CT molecular complexity index is 540. The maximum atomic E-state index is 10.2. The van der Waals surface area contributed by atoms with Gasteiger partial charge in [-0.05, 0) is 30.5 Å². The lowest BCUT2D eigenvalue weighted by molar-refractivity contribution is 0.109. The highest BCUT2D eigenvalue weighted by Gasteiger charge is 2.42. The monoisotopic (exact) mass is 267 g/mol. The van der Waals surface area contributed by atoms with Crippen LogP contribution in [0, 0.1) is 0 Å². The number of hydrogen-bond acceptors (Lipinski definition) is 2. The van der Waals surface area contributed by atoms with E-state index in [9.17, 15) is 5.11 Å². The molecular formula is C18H21NO. The summed E-state index contributed by atoms with van der Waals surface area (Å²) in [6.07, 6.45) is 2.25. The number of piperidine rings is 1. The average molecular weight is 267 g/mol. The van der Waals surface area contributed by atoms with Gasteiger partial charge in [0.15, 0.2) is 0 Å². The van der Waals surface area contributed by atoms with Gasteiger partial charge in [0.05, 0.1) is 12.1 Å². The van der Waals surface area contributed by atoms with Gasteiger partial charge < -0.3 is 10.4 Å². The zero-order valence-electron chi connectivity index (χ0n) is 11.6. The van der Waals surface area contributed by atoms with Crippen molar-refractivity contribution in [1.29, 1.82) is 0 Å². The molecule has 2 nitrogen and oxygen atoms in total. The van der Waals surface area contributed by atoms with Crippen LogP contribution in [-0.2, 0) is 5.54 Å². The molecule has 1 heterocycles. The van der Waals surface area contributed by atoms with Gasteiger partial charge in [-0.2, -0.15) is 0 Å². The van der Waals surface area contributed by atoms with E-state index < -0.39 is 0 Å². The lowest BCUT2D eigenvalue weighted by Gasteiger charge is -2.44. The zero-order chi connectivity index (χ0) is 13.8. The fraction of sp³-hybridized carbons (Fsp3) is 0.333. The van der Waals surface area contributed by atoms with Gasteiger partial charge in [0, 0.05) is 5.92 Å². The van der Waals surface area contributed by atoms with E-state index in [0.29, 0.717) is 5.92 Å². The van der Waals surface area contributed by atoms with Gasteiger partial charge in [0.1, 0.15) is 0 Å². The molecule has 0 spiro atoms. The van der Waals surface area contributed by atoms with Crippen molar-refractivity contribution >= 4 is 0 Å². The van der Waals surface area contributed by atoms with Gasteiger partial charge in [-0.25, -0.2) is 0 Å². The molecule has 3 rings (SSSR count). The number of hydrogen-bond donors (Lipinski definition) is 2. The maximum absolute atomic E-state index is 10.2. The molecule has 2 N–H and O–H groups in total. The van der Waals surface area contributed by atoms with E-state index in [1.54, 1.807) is 0 Å². The molecule has 104 valence electrons. The summed E-state index contributed by atoms with van der Waals surface area (Å²) in [6.45, 7) is 1.08. The summed E-state index contributed by atoms with van der Waals surface area (Å²) in [7, 11) is 0. The first-order chi connectivity index (χ1) is 9.87. The van der Waals surface area contributed by atoms with Crippen LogP contribution in [0.2, 0.25) is 0 Å². The van der Waals surface area contributed by atoms with E-state index in [1.165, 1.54) is 11.1 Å². The molecule has 2 heteroatoms. The molecule has 0 amide bonds. The average Bonchev–Trinajstić information content (AvgIpc) is 2.56. The van der Waals surface area contributed by atoms with E-state index in [2.05, 4.69) is 41.7 Å². The van der Waals surface area contributed by atoms with E-state index in [-0.39, 0.29) is 12.1 Å². The number of aliphatic hydroxyl groups is 1. The molecule has 20 heavy (non-hydrogen) atoms. The Kier molecular flexibility index (Phi) is 3.86. The van der Waals surface area contributed by atoms with Gasteiger partial charge in [-0.3, -0.25) is 0 Å². The summed E-state index contributed by atoms with van der Waals surface area (Å²) in [6, 6.07) is 20.9. The van der Waals surface area contributed by atoms with Crippen molar-refractivity contribution in [3.05, 3.63) is 71.8 Å². The van der Waals surface area contributed by atoms with Crippen molar-refractivity contribution in [2.45, 2.75) is 24.3 Å². The number of rotatable bonds is 3. The summed E-state index contributed by atoms with van der Waals surface area (Å²) in [4.78, 5) is 0. The molecule has 0 bridgehead atoms. The second-order valence-corrected chi connectivity index (χ2v) is 5.53. The third-order valence-corrected chi connectivity index (χ3v) is 4.45. The molecule has 0 radical (unpaired) electrons. The molecule has 0 aromatic heterocycles. The van der Waals surface area contributed by atoms with Gasteiger partial charge in [-0.15, -0.1) is 0 Å². The molecule has 1 fully saturated rings. The molecule has 1 saturated heterocycles. The molecule has 0 aliphatic carbocycles. The van der Waals surface area contributed by atoms with Crippen LogP contribution in [0.4, 0.5) is 0 Å². The van der Waals surface area contributed by atoms with Gasteiger partial charge >= 0.3 is 0 Å². The first-order valence-electron chi connectivity index (χ1n) is 7.33. The molecule has 1 aliphatic rings. The molecule has 0 saturated carbocycles. The van der Waals surface area contributed by atoms with Crippen molar-refractivity contribution < 1.29 is 5.11 Å². The van der Waals surface area contributed by atoms with Crippen LogP contribution in [0.25, 0.3) is 0 Å². The third-order valence-electron chi connectivity index (χ3n) is 4.45. The summed E-state index contributed by atoms with van der Waals surface area (Å²) in [5.41, 5.74) is 2.12. The first-order valence-corrected chi connectivity index (χ1v) is 7.33. The highest BCUT2D eigenvalue weighted by molar-refractivity contribution is 5.34.